The average molecular weight is 444 g/mol. The summed E-state index contributed by atoms with van der Waals surface area (Å²) in [4.78, 5) is 24.5. The Balaban J connectivity index is 1.53. The van der Waals surface area contributed by atoms with Gasteiger partial charge in [-0.1, -0.05) is 29.4 Å². The number of nitrogens with one attached hydrogen (secondary N) is 2. The molecule has 0 aliphatic heterocycles. The molecule has 0 atom stereocenters. The number of anilines is 2. The van der Waals surface area contributed by atoms with Gasteiger partial charge in [0.1, 0.15) is 5.82 Å². The third-order valence-electron chi connectivity index (χ3n) is 4.21. The van der Waals surface area contributed by atoms with Crippen molar-refractivity contribution in [1.82, 2.24) is 14.8 Å². The van der Waals surface area contributed by atoms with Crippen LogP contribution in [0.4, 0.5) is 11.4 Å². The second kappa shape index (κ2) is 9.77. The van der Waals surface area contributed by atoms with Gasteiger partial charge in [-0.15, -0.1) is 10.2 Å². The molecule has 0 aliphatic rings. The van der Waals surface area contributed by atoms with Crippen molar-refractivity contribution in [3.63, 3.8) is 0 Å². The van der Waals surface area contributed by atoms with Gasteiger partial charge in [0.15, 0.2) is 5.16 Å². The molecule has 156 valence electrons. The van der Waals surface area contributed by atoms with E-state index in [1.54, 1.807) is 35.9 Å². The second-order valence-corrected chi connectivity index (χ2v) is 8.28. The topological polar surface area (TPSA) is 88.9 Å². The van der Waals surface area contributed by atoms with Crippen LogP contribution in [0.1, 0.15) is 17.0 Å². The molecule has 3 rings (SSSR count). The summed E-state index contributed by atoms with van der Waals surface area (Å²) in [5.74, 6) is 0.362. The molecule has 0 spiro atoms. The molecule has 0 saturated heterocycles. The van der Waals surface area contributed by atoms with Gasteiger partial charge in [-0.05, 0) is 61.4 Å². The Kier molecular flexibility index (Phi) is 7.12. The highest BCUT2D eigenvalue weighted by atomic mass is 35.5. The number of hydrogen-bond acceptors (Lipinski definition) is 5. The number of nitrogens with zero attached hydrogens (tertiary/aromatic N) is 3. The van der Waals surface area contributed by atoms with Crippen molar-refractivity contribution in [2.75, 3.05) is 16.4 Å². The summed E-state index contributed by atoms with van der Waals surface area (Å²) >= 11 is 7.11. The first-order valence-corrected chi connectivity index (χ1v) is 10.6. The molecule has 0 saturated carbocycles. The van der Waals surface area contributed by atoms with E-state index in [1.807, 2.05) is 26.0 Å². The molecule has 0 unspecified atom stereocenters. The molecule has 2 aromatic carbocycles. The fourth-order valence-corrected chi connectivity index (χ4v) is 3.74. The number of aryl methyl sites for hydroxylation is 2. The van der Waals surface area contributed by atoms with Gasteiger partial charge in [0, 0.05) is 23.4 Å². The van der Waals surface area contributed by atoms with E-state index >= 15 is 0 Å². The summed E-state index contributed by atoms with van der Waals surface area (Å²) in [7, 11) is 1.77. The first-order valence-electron chi connectivity index (χ1n) is 9.25. The molecule has 2 amide bonds. The van der Waals surface area contributed by atoms with Gasteiger partial charge in [-0.2, -0.15) is 0 Å². The predicted octanol–water partition coefficient (Wildman–Crippen LogP) is 4.00. The largest absolute Gasteiger partial charge is 0.326 e. The minimum absolute atomic E-state index is 0.0709. The molecule has 3 aromatic rings. The Hall–Kier alpha value is -2.84. The van der Waals surface area contributed by atoms with Crippen LogP contribution >= 0.6 is 23.4 Å². The van der Waals surface area contributed by atoms with Crippen LogP contribution in [0.5, 0.6) is 0 Å². The van der Waals surface area contributed by atoms with Crippen LogP contribution in [0.15, 0.2) is 47.6 Å². The van der Waals surface area contributed by atoms with E-state index in [-0.39, 0.29) is 24.0 Å². The first kappa shape index (κ1) is 21.9. The van der Waals surface area contributed by atoms with Crippen LogP contribution in [-0.4, -0.2) is 32.3 Å². The lowest BCUT2D eigenvalue weighted by atomic mass is 10.1. The maximum atomic E-state index is 12.3. The van der Waals surface area contributed by atoms with Gasteiger partial charge in [-0.3, -0.25) is 9.59 Å². The number of thioether (sulfide) groups is 1. The lowest BCUT2D eigenvalue weighted by Crippen LogP contribution is -2.17. The maximum absolute atomic E-state index is 12.3. The van der Waals surface area contributed by atoms with Gasteiger partial charge in [0.05, 0.1) is 12.2 Å². The van der Waals surface area contributed by atoms with E-state index < -0.39 is 0 Å². The van der Waals surface area contributed by atoms with Crippen LogP contribution in [0.2, 0.25) is 5.02 Å². The summed E-state index contributed by atoms with van der Waals surface area (Å²) in [6.07, 6.45) is 0.0709. The number of amides is 2. The van der Waals surface area contributed by atoms with Crippen molar-refractivity contribution in [3.05, 3.63) is 64.4 Å². The van der Waals surface area contributed by atoms with Gasteiger partial charge < -0.3 is 15.2 Å². The average Bonchev–Trinajstić information content (AvgIpc) is 3.01. The van der Waals surface area contributed by atoms with E-state index in [0.29, 0.717) is 21.7 Å². The highest BCUT2D eigenvalue weighted by Crippen LogP contribution is 2.19. The van der Waals surface area contributed by atoms with E-state index in [4.69, 9.17) is 11.6 Å². The standard InChI is InChI=1S/C21H22ClN5O2S/c1-13-8-14(2)10-17(9-13)24-20(29)12-30-21-26-25-18(27(21)3)11-19(28)23-16-6-4-15(22)5-7-16/h4-10H,11-12H2,1-3H3,(H,23,28)(H,24,29). The molecule has 9 heteroatoms. The molecule has 30 heavy (non-hydrogen) atoms. The minimum atomic E-state index is -0.211. The third-order valence-corrected chi connectivity index (χ3v) is 5.48. The molecule has 0 aliphatic carbocycles. The highest BCUT2D eigenvalue weighted by Gasteiger charge is 2.15. The second-order valence-electron chi connectivity index (χ2n) is 6.90. The summed E-state index contributed by atoms with van der Waals surface area (Å²) in [5.41, 5.74) is 3.61. The van der Waals surface area contributed by atoms with Crippen molar-refractivity contribution < 1.29 is 9.59 Å². The molecule has 1 aromatic heterocycles. The van der Waals surface area contributed by atoms with Crippen molar-refractivity contribution in [3.8, 4) is 0 Å². The normalized spacial score (nSPS) is 10.7. The van der Waals surface area contributed by atoms with Crippen molar-refractivity contribution >= 4 is 46.6 Å². The Labute approximate surface area is 184 Å². The van der Waals surface area contributed by atoms with Crippen molar-refractivity contribution in [1.29, 1.82) is 0 Å². The lowest BCUT2D eigenvalue weighted by Gasteiger charge is -2.08. The monoisotopic (exact) mass is 443 g/mol. The van der Waals surface area contributed by atoms with Gasteiger partial charge in [0.2, 0.25) is 11.8 Å². The third kappa shape index (κ3) is 6.08. The predicted molar refractivity (Wildman–Crippen MR) is 120 cm³/mol. The molecule has 0 radical (unpaired) electrons. The molecule has 7 nitrogen and oxygen atoms in total. The van der Waals surface area contributed by atoms with Crippen LogP contribution in [0.25, 0.3) is 0 Å². The number of rotatable bonds is 7. The number of aromatic nitrogens is 3. The fraction of sp³-hybridized carbons (Fsp3) is 0.238. The van der Waals surface area contributed by atoms with Crippen molar-refractivity contribution in [2.24, 2.45) is 7.05 Å². The zero-order valence-electron chi connectivity index (χ0n) is 16.9. The number of benzene rings is 2. The zero-order valence-corrected chi connectivity index (χ0v) is 18.5. The molecular formula is C21H22ClN5O2S. The van der Waals surface area contributed by atoms with Gasteiger partial charge in [0.25, 0.3) is 0 Å². The molecule has 0 fully saturated rings. The number of carbonyl (C=O) groups excluding carboxylic acids is 2. The Morgan fingerprint density at radius 2 is 1.60 bits per heavy atom. The summed E-state index contributed by atoms with van der Waals surface area (Å²) in [6.45, 7) is 3.98. The van der Waals surface area contributed by atoms with Crippen molar-refractivity contribution in [2.45, 2.75) is 25.4 Å². The van der Waals surface area contributed by atoms with Crippen LogP contribution in [0.3, 0.4) is 0 Å². The number of hydrogen-bond donors (Lipinski definition) is 2. The lowest BCUT2D eigenvalue weighted by molar-refractivity contribution is -0.116. The smallest absolute Gasteiger partial charge is 0.234 e. The SMILES string of the molecule is Cc1cc(C)cc(NC(=O)CSc2nnc(CC(=O)Nc3ccc(Cl)cc3)n2C)c1. The van der Waals surface area contributed by atoms with E-state index in [1.165, 1.54) is 11.8 Å². The number of carbonyl (C=O) groups is 2. The van der Waals surface area contributed by atoms with Crippen LogP contribution in [-0.2, 0) is 23.1 Å². The van der Waals surface area contributed by atoms with E-state index in [9.17, 15) is 9.59 Å². The van der Waals surface area contributed by atoms with E-state index in [2.05, 4.69) is 26.9 Å². The molecular weight excluding hydrogens is 422 g/mol. The minimum Gasteiger partial charge on any atom is -0.326 e. The van der Waals surface area contributed by atoms with Crippen LogP contribution in [0, 0.1) is 13.8 Å². The molecule has 2 N–H and O–H groups in total. The van der Waals surface area contributed by atoms with E-state index in [0.717, 1.165) is 16.8 Å². The van der Waals surface area contributed by atoms with Gasteiger partial charge >= 0.3 is 0 Å². The number of halogens is 1. The summed E-state index contributed by atoms with van der Waals surface area (Å²) < 4.78 is 1.72. The highest BCUT2D eigenvalue weighted by molar-refractivity contribution is 7.99. The van der Waals surface area contributed by atoms with Crippen LogP contribution < -0.4 is 10.6 Å². The Morgan fingerprint density at radius 1 is 0.967 bits per heavy atom. The fourth-order valence-electron chi connectivity index (χ4n) is 2.88. The zero-order chi connectivity index (χ0) is 21.7. The first-order chi connectivity index (χ1) is 14.3. The Morgan fingerprint density at radius 3 is 2.27 bits per heavy atom. The summed E-state index contributed by atoms with van der Waals surface area (Å²) in [5, 5.41) is 15.0. The summed E-state index contributed by atoms with van der Waals surface area (Å²) in [6, 6.07) is 12.8. The molecule has 1 heterocycles. The van der Waals surface area contributed by atoms with Gasteiger partial charge in [-0.25, -0.2) is 0 Å². The molecule has 0 bridgehead atoms. The Bertz CT molecular complexity index is 1050. The maximum Gasteiger partial charge on any atom is 0.234 e. The quantitative estimate of drug-likeness (QED) is 0.539.